The molecule has 3 heteroatoms. The van der Waals surface area contributed by atoms with Gasteiger partial charge in [-0.05, 0) is 38.5 Å². The van der Waals surface area contributed by atoms with Crippen LogP contribution in [0.1, 0.15) is 28.3 Å². The molecule has 0 heterocycles. The Morgan fingerprint density at radius 2 is 1.50 bits per heavy atom. The Bertz CT molecular complexity index is 597. The minimum Gasteiger partial charge on any atom is -0.370 e. The molecule has 0 aliphatic heterocycles. The number of carbonyl (C=O) groups excluding carboxylic acids is 1. The second kappa shape index (κ2) is 5.78. The Balaban J connectivity index is 2.31. The van der Waals surface area contributed by atoms with Gasteiger partial charge in [0.25, 0.3) is 0 Å². The van der Waals surface area contributed by atoms with Crippen LogP contribution in [0.2, 0.25) is 0 Å². The Hall–Kier alpha value is -2.29. The van der Waals surface area contributed by atoms with E-state index in [-0.39, 0.29) is 5.91 Å². The van der Waals surface area contributed by atoms with E-state index < -0.39 is 6.04 Å². The molecule has 3 N–H and O–H groups in total. The molecule has 2 aromatic rings. The first-order valence-electron chi connectivity index (χ1n) is 6.66. The third kappa shape index (κ3) is 3.38. The number of benzene rings is 2. The van der Waals surface area contributed by atoms with Crippen molar-refractivity contribution in [1.82, 2.24) is 0 Å². The van der Waals surface area contributed by atoms with E-state index in [1.54, 1.807) is 0 Å². The summed E-state index contributed by atoms with van der Waals surface area (Å²) < 4.78 is 0. The minimum atomic E-state index is -0.517. The maximum Gasteiger partial charge on any atom is 0.244 e. The molecule has 0 fully saturated rings. The van der Waals surface area contributed by atoms with Gasteiger partial charge in [0.15, 0.2) is 0 Å². The highest BCUT2D eigenvalue weighted by atomic mass is 16.1. The van der Waals surface area contributed by atoms with Crippen LogP contribution in [0.4, 0.5) is 5.69 Å². The fourth-order valence-electron chi connectivity index (χ4n) is 2.31. The monoisotopic (exact) mass is 268 g/mol. The zero-order valence-electron chi connectivity index (χ0n) is 12.1. The van der Waals surface area contributed by atoms with Crippen LogP contribution in [-0.2, 0) is 4.79 Å². The van der Waals surface area contributed by atoms with Crippen molar-refractivity contribution < 1.29 is 4.79 Å². The molecule has 0 spiro atoms. The normalized spacial score (nSPS) is 11.9. The van der Waals surface area contributed by atoms with Crippen molar-refractivity contribution in [3.63, 3.8) is 0 Å². The van der Waals surface area contributed by atoms with Gasteiger partial charge in [0, 0.05) is 5.69 Å². The summed E-state index contributed by atoms with van der Waals surface area (Å²) in [6.07, 6.45) is 0. The number of nitrogens with two attached hydrogens (primary N) is 1. The summed E-state index contributed by atoms with van der Waals surface area (Å²) in [5.41, 5.74) is 10.8. The van der Waals surface area contributed by atoms with Crippen molar-refractivity contribution in [3.05, 3.63) is 64.7 Å². The summed E-state index contributed by atoms with van der Waals surface area (Å²) in [5.74, 6) is -0.379. The topological polar surface area (TPSA) is 55.1 Å². The number of nitrogens with one attached hydrogen (secondary N) is 1. The van der Waals surface area contributed by atoms with Gasteiger partial charge in [-0.3, -0.25) is 4.79 Å². The number of primary amides is 1. The SMILES string of the molecule is Cc1ccc(NC(C(N)=O)c2cc(C)cc(C)c2)cc1. The Morgan fingerprint density at radius 3 is 2.00 bits per heavy atom. The molecular weight excluding hydrogens is 248 g/mol. The predicted octanol–water partition coefficient (Wildman–Crippen LogP) is 3.25. The molecule has 2 aromatic carbocycles. The Labute approximate surface area is 119 Å². The quantitative estimate of drug-likeness (QED) is 0.894. The van der Waals surface area contributed by atoms with E-state index in [1.807, 2.05) is 57.2 Å². The van der Waals surface area contributed by atoms with Crippen LogP contribution < -0.4 is 11.1 Å². The molecule has 0 aliphatic rings. The lowest BCUT2D eigenvalue weighted by Crippen LogP contribution is -2.27. The van der Waals surface area contributed by atoms with E-state index in [0.29, 0.717) is 0 Å². The van der Waals surface area contributed by atoms with Crippen LogP contribution in [-0.4, -0.2) is 5.91 Å². The van der Waals surface area contributed by atoms with Crippen LogP contribution in [0.25, 0.3) is 0 Å². The molecule has 20 heavy (non-hydrogen) atoms. The molecule has 2 rings (SSSR count). The van der Waals surface area contributed by atoms with Crippen molar-refractivity contribution >= 4 is 11.6 Å². The fourth-order valence-corrected chi connectivity index (χ4v) is 2.31. The zero-order valence-corrected chi connectivity index (χ0v) is 12.1. The number of hydrogen-bond donors (Lipinski definition) is 2. The molecule has 0 aliphatic carbocycles. The molecule has 3 nitrogen and oxygen atoms in total. The van der Waals surface area contributed by atoms with E-state index in [1.165, 1.54) is 5.56 Å². The van der Waals surface area contributed by atoms with Gasteiger partial charge >= 0.3 is 0 Å². The highest BCUT2D eigenvalue weighted by Crippen LogP contribution is 2.22. The maximum absolute atomic E-state index is 11.8. The van der Waals surface area contributed by atoms with E-state index in [4.69, 9.17) is 5.73 Å². The van der Waals surface area contributed by atoms with Crippen LogP contribution in [0.5, 0.6) is 0 Å². The molecular formula is C17H20N2O. The van der Waals surface area contributed by atoms with Gasteiger partial charge in [-0.1, -0.05) is 47.0 Å². The maximum atomic E-state index is 11.8. The molecule has 1 atom stereocenters. The van der Waals surface area contributed by atoms with Crippen LogP contribution in [0, 0.1) is 20.8 Å². The van der Waals surface area contributed by atoms with E-state index in [2.05, 4.69) is 11.4 Å². The number of amides is 1. The third-order valence-corrected chi connectivity index (χ3v) is 3.22. The number of aryl methyl sites for hydroxylation is 3. The highest BCUT2D eigenvalue weighted by Gasteiger charge is 2.18. The van der Waals surface area contributed by atoms with E-state index >= 15 is 0 Å². The smallest absolute Gasteiger partial charge is 0.244 e. The van der Waals surface area contributed by atoms with Crippen LogP contribution in [0.3, 0.4) is 0 Å². The van der Waals surface area contributed by atoms with Gasteiger partial charge in [-0.25, -0.2) is 0 Å². The van der Waals surface area contributed by atoms with E-state index in [0.717, 1.165) is 22.4 Å². The van der Waals surface area contributed by atoms with Crippen LogP contribution >= 0.6 is 0 Å². The third-order valence-electron chi connectivity index (χ3n) is 3.22. The first-order chi connectivity index (χ1) is 9.45. The lowest BCUT2D eigenvalue weighted by Gasteiger charge is -2.18. The molecule has 1 unspecified atom stereocenters. The molecule has 0 saturated heterocycles. The van der Waals surface area contributed by atoms with Crippen molar-refractivity contribution in [2.24, 2.45) is 5.73 Å². The predicted molar refractivity (Wildman–Crippen MR) is 82.7 cm³/mol. The molecule has 104 valence electrons. The summed E-state index contributed by atoms with van der Waals surface area (Å²) in [5, 5.41) is 3.20. The van der Waals surface area contributed by atoms with Gasteiger partial charge in [0.05, 0.1) is 0 Å². The summed E-state index contributed by atoms with van der Waals surface area (Å²) in [7, 11) is 0. The van der Waals surface area contributed by atoms with Gasteiger partial charge in [0.2, 0.25) is 5.91 Å². The summed E-state index contributed by atoms with van der Waals surface area (Å²) in [4.78, 5) is 11.8. The summed E-state index contributed by atoms with van der Waals surface area (Å²) >= 11 is 0. The number of carbonyl (C=O) groups is 1. The molecule has 0 saturated carbocycles. The molecule has 0 aromatic heterocycles. The van der Waals surface area contributed by atoms with Gasteiger partial charge < -0.3 is 11.1 Å². The average Bonchev–Trinajstić information content (AvgIpc) is 2.36. The minimum absolute atomic E-state index is 0.379. The second-order valence-corrected chi connectivity index (χ2v) is 5.27. The number of hydrogen-bond acceptors (Lipinski definition) is 2. The molecule has 0 bridgehead atoms. The van der Waals surface area contributed by atoms with Gasteiger partial charge in [-0.15, -0.1) is 0 Å². The average molecular weight is 268 g/mol. The summed E-state index contributed by atoms with van der Waals surface area (Å²) in [6.45, 7) is 6.06. The highest BCUT2D eigenvalue weighted by molar-refractivity contribution is 5.84. The van der Waals surface area contributed by atoms with Crippen LogP contribution in [0.15, 0.2) is 42.5 Å². The lowest BCUT2D eigenvalue weighted by molar-refractivity contribution is -0.118. The Morgan fingerprint density at radius 1 is 0.950 bits per heavy atom. The number of rotatable bonds is 4. The second-order valence-electron chi connectivity index (χ2n) is 5.27. The van der Waals surface area contributed by atoms with E-state index in [9.17, 15) is 4.79 Å². The van der Waals surface area contributed by atoms with Gasteiger partial charge in [-0.2, -0.15) is 0 Å². The first kappa shape index (κ1) is 14.1. The fraction of sp³-hybridized carbons (Fsp3) is 0.235. The largest absolute Gasteiger partial charge is 0.370 e. The van der Waals surface area contributed by atoms with Crippen molar-refractivity contribution in [1.29, 1.82) is 0 Å². The van der Waals surface area contributed by atoms with Crippen molar-refractivity contribution in [2.45, 2.75) is 26.8 Å². The molecule has 0 radical (unpaired) electrons. The Kier molecular flexibility index (Phi) is 4.08. The lowest BCUT2D eigenvalue weighted by atomic mass is 10.0. The van der Waals surface area contributed by atoms with Crippen molar-refractivity contribution in [3.8, 4) is 0 Å². The van der Waals surface area contributed by atoms with Crippen molar-refractivity contribution in [2.75, 3.05) is 5.32 Å². The summed E-state index contributed by atoms with van der Waals surface area (Å²) in [6, 6.07) is 13.4. The zero-order chi connectivity index (χ0) is 14.7. The first-order valence-corrected chi connectivity index (χ1v) is 6.66. The van der Waals surface area contributed by atoms with Gasteiger partial charge in [0.1, 0.15) is 6.04 Å². The number of anilines is 1. The standard InChI is InChI=1S/C17H20N2O/c1-11-4-6-15(7-5-11)19-16(17(18)20)14-9-12(2)8-13(3)10-14/h4-10,16,19H,1-3H3,(H2,18,20). The molecule has 1 amide bonds.